The van der Waals surface area contributed by atoms with E-state index < -0.39 is 0 Å². The molecule has 0 unspecified atom stereocenters. The Hall–Kier alpha value is -0.880. The van der Waals surface area contributed by atoms with E-state index in [0.29, 0.717) is 5.88 Å². The highest BCUT2D eigenvalue weighted by Gasteiger charge is 2.18. The molecule has 2 heterocycles. The van der Waals surface area contributed by atoms with Crippen LogP contribution in [0.25, 0.3) is 0 Å². The van der Waals surface area contributed by atoms with Crippen molar-refractivity contribution in [3.05, 3.63) is 11.9 Å². The first-order chi connectivity index (χ1) is 8.72. The van der Waals surface area contributed by atoms with E-state index in [1.807, 2.05) is 13.0 Å². The van der Waals surface area contributed by atoms with Gasteiger partial charge < -0.3 is 9.64 Å². The van der Waals surface area contributed by atoms with Gasteiger partial charge in [0.25, 0.3) is 0 Å². The van der Waals surface area contributed by atoms with Crippen molar-refractivity contribution in [1.29, 1.82) is 0 Å². The predicted octanol–water partition coefficient (Wildman–Crippen LogP) is 1.31. The van der Waals surface area contributed by atoms with E-state index in [4.69, 9.17) is 4.74 Å². The lowest BCUT2D eigenvalue weighted by Gasteiger charge is -2.35. The first-order valence-electron chi connectivity index (χ1n) is 6.16. The van der Waals surface area contributed by atoms with Gasteiger partial charge in [-0.15, -0.1) is 0 Å². The topological polar surface area (TPSA) is 41.5 Å². The molecule has 18 heavy (non-hydrogen) atoms. The minimum atomic E-state index is 0.639. The van der Waals surface area contributed by atoms with Crippen molar-refractivity contribution in [1.82, 2.24) is 14.9 Å². The number of aromatic nitrogens is 2. The van der Waals surface area contributed by atoms with E-state index in [0.717, 1.165) is 49.7 Å². The van der Waals surface area contributed by atoms with E-state index in [2.05, 4.69) is 35.7 Å². The van der Waals surface area contributed by atoms with Crippen LogP contribution in [0.5, 0.6) is 5.88 Å². The van der Waals surface area contributed by atoms with Gasteiger partial charge in [-0.2, -0.15) is 4.98 Å². The molecule has 1 aromatic heterocycles. The van der Waals surface area contributed by atoms with Gasteiger partial charge in [0.2, 0.25) is 5.88 Å². The summed E-state index contributed by atoms with van der Waals surface area (Å²) in [5, 5.41) is 1.04. The fourth-order valence-corrected chi connectivity index (χ4v) is 2.61. The molecule has 0 aliphatic carbocycles. The molecule has 5 nitrogen and oxygen atoms in total. The SMILES string of the molecule is COc1cc(N2CCN(CCBr)CC2)nc(C)n1. The fourth-order valence-electron chi connectivity index (χ4n) is 2.11. The molecule has 1 aliphatic rings. The normalized spacial score (nSPS) is 16.9. The number of nitrogens with zero attached hydrogens (tertiary/aromatic N) is 4. The molecule has 0 radical (unpaired) electrons. The minimum Gasteiger partial charge on any atom is -0.481 e. The first kappa shape index (κ1) is 13.5. The summed E-state index contributed by atoms with van der Waals surface area (Å²) in [6.07, 6.45) is 0. The third kappa shape index (κ3) is 3.32. The zero-order chi connectivity index (χ0) is 13.0. The zero-order valence-electron chi connectivity index (χ0n) is 10.9. The van der Waals surface area contributed by atoms with Crippen LogP contribution >= 0.6 is 15.9 Å². The van der Waals surface area contributed by atoms with E-state index in [-0.39, 0.29) is 0 Å². The first-order valence-corrected chi connectivity index (χ1v) is 7.28. The van der Waals surface area contributed by atoms with Crippen molar-refractivity contribution in [3.63, 3.8) is 0 Å². The number of rotatable bonds is 4. The van der Waals surface area contributed by atoms with E-state index in [9.17, 15) is 0 Å². The highest BCUT2D eigenvalue weighted by atomic mass is 79.9. The summed E-state index contributed by atoms with van der Waals surface area (Å²) in [4.78, 5) is 13.4. The highest BCUT2D eigenvalue weighted by molar-refractivity contribution is 9.09. The number of alkyl halides is 1. The Morgan fingerprint density at radius 1 is 1.28 bits per heavy atom. The van der Waals surface area contributed by atoms with Gasteiger partial charge in [-0.3, -0.25) is 4.90 Å². The molecule has 100 valence electrons. The Balaban J connectivity index is 2.02. The standard InChI is InChI=1S/C12H19BrN4O/c1-10-14-11(9-12(15-10)18-2)17-7-5-16(4-3-13)6-8-17/h9H,3-8H2,1-2H3. The summed E-state index contributed by atoms with van der Waals surface area (Å²) in [7, 11) is 1.64. The largest absolute Gasteiger partial charge is 0.481 e. The van der Waals surface area contributed by atoms with Crippen molar-refractivity contribution < 1.29 is 4.74 Å². The van der Waals surface area contributed by atoms with Crippen molar-refractivity contribution in [2.75, 3.05) is 50.1 Å². The van der Waals surface area contributed by atoms with E-state index >= 15 is 0 Å². The molecular weight excluding hydrogens is 296 g/mol. The molecule has 6 heteroatoms. The molecule has 1 aliphatic heterocycles. The van der Waals surface area contributed by atoms with Gasteiger partial charge in [0, 0.05) is 44.1 Å². The lowest BCUT2D eigenvalue weighted by Crippen LogP contribution is -2.47. The van der Waals surface area contributed by atoms with Gasteiger partial charge in [0.1, 0.15) is 11.6 Å². The molecule has 0 saturated carbocycles. The number of ether oxygens (including phenoxy) is 1. The molecule has 1 fully saturated rings. The third-order valence-electron chi connectivity index (χ3n) is 3.11. The Morgan fingerprint density at radius 2 is 2.00 bits per heavy atom. The van der Waals surface area contributed by atoms with Crippen LogP contribution in [0.4, 0.5) is 5.82 Å². The average Bonchev–Trinajstić information content (AvgIpc) is 2.39. The molecule has 0 bridgehead atoms. The molecule has 0 atom stereocenters. The van der Waals surface area contributed by atoms with Crippen LogP contribution in [0.3, 0.4) is 0 Å². The van der Waals surface area contributed by atoms with Gasteiger partial charge in [0.15, 0.2) is 0 Å². The lowest BCUT2D eigenvalue weighted by atomic mass is 10.3. The highest BCUT2D eigenvalue weighted by Crippen LogP contribution is 2.18. The smallest absolute Gasteiger partial charge is 0.218 e. The Kier molecular flexibility index (Phi) is 4.77. The Morgan fingerprint density at radius 3 is 2.61 bits per heavy atom. The Labute approximate surface area is 116 Å². The van der Waals surface area contributed by atoms with Crippen LogP contribution in [0, 0.1) is 6.92 Å². The fraction of sp³-hybridized carbons (Fsp3) is 0.667. The quantitative estimate of drug-likeness (QED) is 0.784. The van der Waals surface area contributed by atoms with Crippen LogP contribution in [0.2, 0.25) is 0 Å². The van der Waals surface area contributed by atoms with Crippen LogP contribution in [-0.2, 0) is 0 Å². The zero-order valence-corrected chi connectivity index (χ0v) is 12.5. The number of methoxy groups -OCH3 is 1. The maximum atomic E-state index is 5.19. The summed E-state index contributed by atoms with van der Waals surface area (Å²) < 4.78 is 5.19. The summed E-state index contributed by atoms with van der Waals surface area (Å²) in [6, 6.07) is 1.91. The molecule has 0 N–H and O–H groups in total. The van der Waals surface area contributed by atoms with Crippen molar-refractivity contribution >= 4 is 21.7 Å². The summed E-state index contributed by atoms with van der Waals surface area (Å²) >= 11 is 3.48. The predicted molar refractivity (Wildman–Crippen MR) is 75.8 cm³/mol. The molecule has 1 aromatic rings. The maximum Gasteiger partial charge on any atom is 0.218 e. The van der Waals surface area contributed by atoms with E-state index in [1.165, 1.54) is 0 Å². The number of piperazine rings is 1. The molecule has 0 spiro atoms. The number of hydrogen-bond acceptors (Lipinski definition) is 5. The van der Waals surface area contributed by atoms with Crippen LogP contribution in [0.15, 0.2) is 6.07 Å². The van der Waals surface area contributed by atoms with Gasteiger partial charge in [-0.1, -0.05) is 15.9 Å². The van der Waals surface area contributed by atoms with Crippen molar-refractivity contribution in [3.8, 4) is 5.88 Å². The molecule has 2 rings (SSSR count). The maximum absolute atomic E-state index is 5.19. The van der Waals surface area contributed by atoms with Gasteiger partial charge >= 0.3 is 0 Å². The number of aryl methyl sites for hydroxylation is 1. The lowest BCUT2D eigenvalue weighted by molar-refractivity contribution is 0.273. The molecular formula is C12H19BrN4O. The number of hydrogen-bond donors (Lipinski definition) is 0. The van der Waals surface area contributed by atoms with Crippen molar-refractivity contribution in [2.24, 2.45) is 0 Å². The molecule has 0 amide bonds. The molecule has 0 aromatic carbocycles. The average molecular weight is 315 g/mol. The second-order valence-corrected chi connectivity index (χ2v) is 5.13. The van der Waals surface area contributed by atoms with E-state index in [1.54, 1.807) is 7.11 Å². The second-order valence-electron chi connectivity index (χ2n) is 4.33. The van der Waals surface area contributed by atoms with Gasteiger partial charge in [-0.25, -0.2) is 4.98 Å². The second kappa shape index (κ2) is 6.33. The van der Waals surface area contributed by atoms with Crippen molar-refractivity contribution in [2.45, 2.75) is 6.92 Å². The van der Waals surface area contributed by atoms with Gasteiger partial charge in [0.05, 0.1) is 7.11 Å². The van der Waals surface area contributed by atoms with Crippen LogP contribution in [0.1, 0.15) is 5.82 Å². The summed E-state index contributed by atoms with van der Waals surface area (Å²) in [5.74, 6) is 2.37. The minimum absolute atomic E-state index is 0.639. The monoisotopic (exact) mass is 314 g/mol. The summed E-state index contributed by atoms with van der Waals surface area (Å²) in [5.41, 5.74) is 0. The van der Waals surface area contributed by atoms with Gasteiger partial charge in [-0.05, 0) is 6.92 Å². The molecule has 1 saturated heterocycles. The summed E-state index contributed by atoms with van der Waals surface area (Å²) in [6.45, 7) is 7.18. The number of halogens is 1. The van der Waals surface area contributed by atoms with Crippen LogP contribution in [-0.4, -0.2) is 60.0 Å². The Bertz CT molecular complexity index is 394. The number of anilines is 1. The third-order valence-corrected chi connectivity index (χ3v) is 3.46. The van der Waals surface area contributed by atoms with Crippen LogP contribution < -0.4 is 9.64 Å².